The van der Waals surface area contributed by atoms with E-state index >= 15 is 0 Å². The predicted octanol–water partition coefficient (Wildman–Crippen LogP) is 19.3. The van der Waals surface area contributed by atoms with E-state index in [2.05, 4.69) is 244 Å². The molecule has 11 aromatic carbocycles. The molecule has 0 atom stereocenters. The summed E-state index contributed by atoms with van der Waals surface area (Å²) < 4.78 is 13.5. The van der Waals surface area contributed by atoms with Gasteiger partial charge in [-0.05, 0) is 128 Å². The van der Waals surface area contributed by atoms with Crippen molar-refractivity contribution in [2.24, 2.45) is 0 Å². The molecule has 4 nitrogen and oxygen atoms in total. The van der Waals surface area contributed by atoms with E-state index in [1.807, 2.05) is 12.1 Å². The van der Waals surface area contributed by atoms with E-state index in [0.717, 1.165) is 78.0 Å². The molecular formula is C68H48N2O2. The second-order valence-electron chi connectivity index (χ2n) is 20.8. The predicted molar refractivity (Wildman–Crippen MR) is 301 cm³/mol. The molecule has 0 aliphatic heterocycles. The van der Waals surface area contributed by atoms with E-state index in [4.69, 9.17) is 8.83 Å². The Balaban J connectivity index is 0.944. The number of fused-ring (bicyclic) bond motifs is 16. The van der Waals surface area contributed by atoms with Crippen molar-refractivity contribution in [3.8, 4) is 22.3 Å². The van der Waals surface area contributed by atoms with E-state index < -0.39 is 0 Å². The van der Waals surface area contributed by atoms with Crippen LogP contribution in [0.1, 0.15) is 49.9 Å². The summed E-state index contributed by atoms with van der Waals surface area (Å²) in [5.41, 5.74) is 19.9. The van der Waals surface area contributed by atoms with E-state index in [-0.39, 0.29) is 10.8 Å². The van der Waals surface area contributed by atoms with Gasteiger partial charge in [0.25, 0.3) is 0 Å². The molecule has 4 heteroatoms. The van der Waals surface area contributed by atoms with Gasteiger partial charge in [0, 0.05) is 54.5 Å². The third-order valence-electron chi connectivity index (χ3n) is 16.2. The van der Waals surface area contributed by atoms with Crippen molar-refractivity contribution >= 4 is 99.5 Å². The average molecular weight is 925 g/mol. The van der Waals surface area contributed by atoms with Crippen LogP contribution in [0, 0.1) is 0 Å². The molecule has 0 unspecified atom stereocenters. The summed E-state index contributed by atoms with van der Waals surface area (Å²) in [6.07, 6.45) is 0. The summed E-state index contributed by atoms with van der Waals surface area (Å²) in [4.78, 5) is 4.84. The summed E-state index contributed by atoms with van der Waals surface area (Å²) in [5.74, 6) is 0. The van der Waals surface area contributed by atoms with E-state index in [1.165, 1.54) is 66.1 Å². The van der Waals surface area contributed by atoms with Gasteiger partial charge in [-0.3, -0.25) is 0 Å². The number of benzene rings is 11. The zero-order valence-electron chi connectivity index (χ0n) is 40.5. The highest BCUT2D eigenvalue weighted by Gasteiger charge is 2.44. The van der Waals surface area contributed by atoms with Crippen molar-refractivity contribution in [1.29, 1.82) is 0 Å². The first kappa shape index (κ1) is 41.0. The maximum Gasteiger partial charge on any atom is 0.159 e. The number of hydrogen-bond donors (Lipinski definition) is 0. The van der Waals surface area contributed by atoms with Gasteiger partial charge >= 0.3 is 0 Å². The second kappa shape index (κ2) is 14.8. The van der Waals surface area contributed by atoms with Crippen molar-refractivity contribution in [1.82, 2.24) is 0 Å². The molecule has 0 saturated heterocycles. The van der Waals surface area contributed by atoms with Crippen LogP contribution < -0.4 is 9.80 Å². The lowest BCUT2D eigenvalue weighted by atomic mass is 9.79. The van der Waals surface area contributed by atoms with Crippen molar-refractivity contribution in [2.45, 2.75) is 38.5 Å². The van der Waals surface area contributed by atoms with Gasteiger partial charge in [0.05, 0.1) is 22.7 Å². The van der Waals surface area contributed by atoms with Gasteiger partial charge in [0.15, 0.2) is 11.2 Å². The minimum Gasteiger partial charge on any atom is -0.454 e. The highest BCUT2D eigenvalue weighted by atomic mass is 16.3. The van der Waals surface area contributed by atoms with Gasteiger partial charge in [-0.1, -0.05) is 173 Å². The lowest BCUT2D eigenvalue weighted by Gasteiger charge is -2.30. The first-order chi connectivity index (χ1) is 35.3. The number of hydrogen-bond acceptors (Lipinski definition) is 4. The van der Waals surface area contributed by atoms with Crippen molar-refractivity contribution in [3.63, 3.8) is 0 Å². The van der Waals surface area contributed by atoms with Gasteiger partial charge in [0.2, 0.25) is 0 Å². The van der Waals surface area contributed by atoms with Crippen LogP contribution in [0.3, 0.4) is 0 Å². The second-order valence-corrected chi connectivity index (χ2v) is 20.8. The molecule has 0 N–H and O–H groups in total. The summed E-state index contributed by atoms with van der Waals surface area (Å²) in [7, 11) is 0. The van der Waals surface area contributed by atoms with E-state index in [1.54, 1.807) is 0 Å². The smallest absolute Gasteiger partial charge is 0.159 e. The van der Waals surface area contributed by atoms with Crippen LogP contribution in [-0.2, 0) is 10.8 Å². The number of nitrogens with zero attached hydrogens (tertiary/aromatic N) is 2. The molecule has 0 radical (unpaired) electrons. The molecule has 2 aliphatic rings. The van der Waals surface area contributed by atoms with Crippen LogP contribution in [0.5, 0.6) is 0 Å². The van der Waals surface area contributed by atoms with Gasteiger partial charge in [-0.15, -0.1) is 0 Å². The number of furan rings is 2. The summed E-state index contributed by atoms with van der Waals surface area (Å²) in [6, 6.07) is 79.5. The minimum absolute atomic E-state index is 0.329. The van der Waals surface area contributed by atoms with Crippen LogP contribution in [0.15, 0.2) is 227 Å². The molecule has 2 aliphatic carbocycles. The third-order valence-corrected chi connectivity index (χ3v) is 16.2. The fraction of sp³-hybridized carbons (Fsp3) is 0.0882. The standard InChI is InChI=1S/C68H48N2O2/c1-67(2)53-37-52-54(38-51(53)63-47-29-13-11-25-43(47)59(39-55(63)67)69(41-21-7-5-8-22-41)57-33-19-31-49-45-27-15-17-35-61(45)71-65(49)57)68(3,4)56-40-60(44-26-12-14-30-48(44)64(52)56)70(42-23-9-6-10-24-42)58-34-20-32-50-46-28-16-18-36-62(46)72-66(50)58/h5-40H,1-4H3. The quantitative estimate of drug-likeness (QED) is 0.166. The van der Waals surface area contributed by atoms with Crippen molar-refractivity contribution in [2.75, 3.05) is 9.80 Å². The Morgan fingerprint density at radius 1 is 0.292 bits per heavy atom. The monoisotopic (exact) mass is 924 g/mol. The summed E-state index contributed by atoms with van der Waals surface area (Å²) in [6.45, 7) is 9.70. The van der Waals surface area contributed by atoms with Crippen LogP contribution in [0.4, 0.5) is 34.1 Å². The Labute approximate surface area is 417 Å². The molecule has 15 rings (SSSR count). The Morgan fingerprint density at radius 3 is 1.06 bits per heavy atom. The maximum absolute atomic E-state index is 6.77. The molecular weight excluding hydrogens is 877 g/mol. The molecule has 2 aromatic heterocycles. The molecule has 0 spiro atoms. The van der Waals surface area contributed by atoms with Gasteiger partial charge in [0.1, 0.15) is 11.2 Å². The third kappa shape index (κ3) is 5.58. The van der Waals surface area contributed by atoms with E-state index in [0.29, 0.717) is 0 Å². The Hall–Kier alpha value is -8.86. The highest BCUT2D eigenvalue weighted by molar-refractivity contribution is 6.17. The molecule has 2 heterocycles. The summed E-state index contributed by atoms with van der Waals surface area (Å²) in [5, 5.41) is 9.32. The highest BCUT2D eigenvalue weighted by Crippen LogP contribution is 2.61. The normalized spacial score (nSPS) is 14.1. The number of para-hydroxylation sites is 6. The number of rotatable bonds is 6. The van der Waals surface area contributed by atoms with Gasteiger partial charge in [-0.2, -0.15) is 0 Å². The van der Waals surface area contributed by atoms with Crippen LogP contribution >= 0.6 is 0 Å². The van der Waals surface area contributed by atoms with Crippen LogP contribution in [-0.4, -0.2) is 0 Å². The van der Waals surface area contributed by atoms with Crippen molar-refractivity contribution in [3.05, 3.63) is 241 Å². The molecule has 0 fully saturated rings. The average Bonchev–Trinajstić information content (AvgIpc) is 4.12. The van der Waals surface area contributed by atoms with Crippen molar-refractivity contribution < 1.29 is 8.83 Å². The zero-order valence-corrected chi connectivity index (χ0v) is 40.5. The lowest BCUT2D eigenvalue weighted by molar-refractivity contribution is 0.652. The zero-order chi connectivity index (χ0) is 48.0. The molecule has 0 amide bonds. The Bertz CT molecular complexity index is 4120. The van der Waals surface area contributed by atoms with Crippen LogP contribution in [0.25, 0.3) is 87.7 Å². The first-order valence-electron chi connectivity index (χ1n) is 25.1. The SMILES string of the molecule is CC1(C)c2cc3c(cc2-c2c1cc(N(c1ccccc1)c1cccc4c1oc1ccccc14)c1ccccc21)C(C)(C)c1cc(N(c2ccccc2)c2cccc4c2oc2ccccc24)c2ccccc2c1-3. The summed E-state index contributed by atoms with van der Waals surface area (Å²) >= 11 is 0. The first-order valence-corrected chi connectivity index (χ1v) is 25.1. The topological polar surface area (TPSA) is 32.8 Å². The fourth-order valence-corrected chi connectivity index (χ4v) is 12.8. The number of anilines is 6. The van der Waals surface area contributed by atoms with Crippen LogP contribution in [0.2, 0.25) is 0 Å². The Kier molecular flexibility index (Phi) is 8.44. The molecule has 342 valence electrons. The molecule has 0 saturated carbocycles. The molecule has 13 aromatic rings. The fourth-order valence-electron chi connectivity index (χ4n) is 12.8. The largest absolute Gasteiger partial charge is 0.454 e. The molecule has 0 bridgehead atoms. The molecule has 72 heavy (non-hydrogen) atoms. The lowest BCUT2D eigenvalue weighted by Crippen LogP contribution is -2.18. The van der Waals surface area contributed by atoms with Gasteiger partial charge < -0.3 is 18.6 Å². The Morgan fingerprint density at radius 2 is 0.639 bits per heavy atom. The van der Waals surface area contributed by atoms with E-state index in [9.17, 15) is 0 Å². The minimum atomic E-state index is -0.329. The maximum atomic E-state index is 6.77. The van der Waals surface area contributed by atoms with Gasteiger partial charge in [-0.25, -0.2) is 0 Å².